The molecule has 1 aliphatic rings. The number of thiophene rings is 1. The SMILES string of the molecule is CN(C(=O)/C=C/c1cn(Cc2ccccc2)nc1-c1cccs1)C1CCS(=O)(=O)C1. The highest BCUT2D eigenvalue weighted by Crippen LogP contribution is 2.28. The smallest absolute Gasteiger partial charge is 0.246 e. The van der Waals surface area contributed by atoms with Gasteiger partial charge in [0.25, 0.3) is 0 Å². The van der Waals surface area contributed by atoms with Gasteiger partial charge in [0, 0.05) is 30.9 Å². The highest BCUT2D eigenvalue weighted by molar-refractivity contribution is 7.91. The Hall–Kier alpha value is -2.71. The molecule has 0 aliphatic carbocycles. The third-order valence-electron chi connectivity index (χ3n) is 5.24. The van der Waals surface area contributed by atoms with Crippen molar-refractivity contribution < 1.29 is 13.2 Å². The van der Waals surface area contributed by atoms with Crippen molar-refractivity contribution in [3.63, 3.8) is 0 Å². The van der Waals surface area contributed by atoms with Crippen LogP contribution in [0.25, 0.3) is 16.6 Å². The lowest BCUT2D eigenvalue weighted by Crippen LogP contribution is -2.36. The van der Waals surface area contributed by atoms with Gasteiger partial charge < -0.3 is 4.90 Å². The summed E-state index contributed by atoms with van der Waals surface area (Å²) in [5.41, 5.74) is 2.83. The van der Waals surface area contributed by atoms with Crippen LogP contribution >= 0.6 is 11.3 Å². The lowest BCUT2D eigenvalue weighted by Gasteiger charge is -2.21. The van der Waals surface area contributed by atoms with Crippen LogP contribution in [0, 0.1) is 0 Å². The maximum atomic E-state index is 12.6. The fourth-order valence-corrected chi connectivity index (χ4v) is 6.06. The molecule has 4 rings (SSSR count). The minimum Gasteiger partial charge on any atom is -0.338 e. The number of hydrogen-bond donors (Lipinski definition) is 0. The Labute approximate surface area is 180 Å². The molecule has 8 heteroatoms. The predicted octanol–water partition coefficient (Wildman–Crippen LogP) is 3.32. The average molecular weight is 442 g/mol. The van der Waals surface area contributed by atoms with Gasteiger partial charge in [0.1, 0.15) is 5.69 Å². The van der Waals surface area contributed by atoms with E-state index in [0.717, 1.165) is 21.7 Å². The summed E-state index contributed by atoms with van der Waals surface area (Å²) < 4.78 is 25.3. The van der Waals surface area contributed by atoms with Gasteiger partial charge in [-0.1, -0.05) is 36.4 Å². The third kappa shape index (κ3) is 4.71. The number of nitrogens with zero attached hydrogens (tertiary/aromatic N) is 3. The molecular weight excluding hydrogens is 418 g/mol. The Morgan fingerprint density at radius 3 is 2.73 bits per heavy atom. The standard InChI is InChI=1S/C22H23N3O3S2/c1-24(19-11-13-30(27,28)16-19)21(26)10-9-18-15-25(14-17-6-3-2-4-7-17)23-22(18)20-8-5-12-29-20/h2-10,12,15,19H,11,13-14,16H2,1H3/b10-9+. The van der Waals surface area contributed by atoms with Crippen molar-refractivity contribution >= 4 is 33.2 Å². The average Bonchev–Trinajstić information content (AvgIpc) is 3.46. The van der Waals surface area contributed by atoms with Crippen molar-refractivity contribution in [2.45, 2.75) is 19.0 Å². The number of carbonyl (C=O) groups excluding carboxylic acids is 1. The van der Waals surface area contributed by atoms with Gasteiger partial charge in [-0.3, -0.25) is 9.48 Å². The molecule has 3 heterocycles. The number of hydrogen-bond acceptors (Lipinski definition) is 5. The van der Waals surface area contributed by atoms with E-state index in [4.69, 9.17) is 5.10 Å². The maximum Gasteiger partial charge on any atom is 0.246 e. The Morgan fingerprint density at radius 2 is 2.07 bits per heavy atom. The lowest BCUT2D eigenvalue weighted by atomic mass is 10.2. The summed E-state index contributed by atoms with van der Waals surface area (Å²) in [5, 5.41) is 6.74. The van der Waals surface area contributed by atoms with E-state index < -0.39 is 9.84 Å². The van der Waals surface area contributed by atoms with E-state index in [0.29, 0.717) is 13.0 Å². The van der Waals surface area contributed by atoms with E-state index in [1.165, 1.54) is 11.0 Å². The molecule has 1 fully saturated rings. The summed E-state index contributed by atoms with van der Waals surface area (Å²) in [6.07, 6.45) is 5.71. The van der Waals surface area contributed by atoms with Gasteiger partial charge in [0.15, 0.2) is 9.84 Å². The van der Waals surface area contributed by atoms with Gasteiger partial charge in [-0.25, -0.2) is 8.42 Å². The zero-order chi connectivity index (χ0) is 21.1. The first-order valence-electron chi connectivity index (χ1n) is 9.72. The number of likely N-dealkylation sites (N-methyl/N-ethyl adjacent to an activating group) is 1. The molecule has 6 nitrogen and oxygen atoms in total. The first kappa shape index (κ1) is 20.6. The Kier molecular flexibility index (Phi) is 5.87. The quantitative estimate of drug-likeness (QED) is 0.550. The van der Waals surface area contributed by atoms with E-state index in [2.05, 4.69) is 12.1 Å². The van der Waals surface area contributed by atoms with E-state index in [-0.39, 0.29) is 23.5 Å². The van der Waals surface area contributed by atoms with Crippen molar-refractivity contribution in [3.8, 4) is 10.6 Å². The van der Waals surface area contributed by atoms with Crippen LogP contribution in [-0.4, -0.2) is 53.6 Å². The van der Waals surface area contributed by atoms with E-state index in [9.17, 15) is 13.2 Å². The largest absolute Gasteiger partial charge is 0.338 e. The second kappa shape index (κ2) is 8.57. The molecule has 0 radical (unpaired) electrons. The molecule has 3 aromatic rings. The zero-order valence-corrected chi connectivity index (χ0v) is 18.3. The molecule has 0 spiro atoms. The molecule has 1 aromatic carbocycles. The molecule has 1 saturated heterocycles. The Bertz CT molecular complexity index is 1150. The number of rotatable bonds is 6. The summed E-state index contributed by atoms with van der Waals surface area (Å²) in [6, 6.07) is 13.8. The van der Waals surface area contributed by atoms with E-state index >= 15 is 0 Å². The van der Waals surface area contributed by atoms with Crippen LogP contribution in [0.2, 0.25) is 0 Å². The number of aromatic nitrogens is 2. The molecule has 1 amide bonds. The van der Waals surface area contributed by atoms with Gasteiger partial charge in [0.2, 0.25) is 5.91 Å². The first-order valence-corrected chi connectivity index (χ1v) is 12.4. The molecule has 0 N–H and O–H groups in total. The van der Waals surface area contributed by atoms with Crippen LogP contribution in [0.3, 0.4) is 0 Å². The molecule has 0 bridgehead atoms. The molecule has 0 saturated carbocycles. The molecular formula is C22H23N3O3S2. The van der Waals surface area contributed by atoms with Crippen molar-refractivity contribution in [1.82, 2.24) is 14.7 Å². The van der Waals surface area contributed by atoms with Crippen LogP contribution in [0.4, 0.5) is 0 Å². The van der Waals surface area contributed by atoms with Crippen LogP contribution in [0.15, 0.2) is 60.1 Å². The summed E-state index contributed by atoms with van der Waals surface area (Å²) >= 11 is 1.60. The second-order valence-corrected chi connectivity index (χ2v) is 10.6. The number of carbonyl (C=O) groups is 1. The van der Waals surface area contributed by atoms with Crippen LogP contribution in [0.5, 0.6) is 0 Å². The number of sulfone groups is 1. The summed E-state index contributed by atoms with van der Waals surface area (Å²) in [5.74, 6) is -0.0168. The van der Waals surface area contributed by atoms with Gasteiger partial charge in [0.05, 0.1) is 22.9 Å². The summed E-state index contributed by atoms with van der Waals surface area (Å²) in [4.78, 5) is 15.2. The highest BCUT2D eigenvalue weighted by Gasteiger charge is 2.32. The maximum absolute atomic E-state index is 12.6. The normalized spacial score (nSPS) is 18.1. The van der Waals surface area contributed by atoms with E-state index in [1.54, 1.807) is 24.5 Å². The monoisotopic (exact) mass is 441 g/mol. The van der Waals surface area contributed by atoms with E-state index in [1.807, 2.05) is 46.6 Å². The van der Waals surface area contributed by atoms with Crippen molar-refractivity contribution in [2.24, 2.45) is 0 Å². The molecule has 1 unspecified atom stereocenters. The molecule has 1 atom stereocenters. The molecule has 30 heavy (non-hydrogen) atoms. The second-order valence-electron chi connectivity index (χ2n) is 7.43. The van der Waals surface area contributed by atoms with Gasteiger partial charge in [-0.2, -0.15) is 5.10 Å². The summed E-state index contributed by atoms with van der Waals surface area (Å²) in [7, 11) is -1.37. The minimum absolute atomic E-state index is 0.0402. The topological polar surface area (TPSA) is 72.3 Å². The molecule has 2 aromatic heterocycles. The summed E-state index contributed by atoms with van der Waals surface area (Å²) in [6.45, 7) is 0.640. The van der Waals surface area contributed by atoms with Gasteiger partial charge >= 0.3 is 0 Å². The zero-order valence-electron chi connectivity index (χ0n) is 16.6. The fraction of sp³-hybridized carbons (Fsp3) is 0.273. The Balaban J connectivity index is 1.55. The van der Waals surface area contributed by atoms with Crippen LogP contribution in [-0.2, 0) is 21.2 Å². The van der Waals surface area contributed by atoms with Crippen LogP contribution < -0.4 is 0 Å². The third-order valence-corrected chi connectivity index (χ3v) is 7.87. The van der Waals surface area contributed by atoms with Gasteiger partial charge in [-0.05, 0) is 29.5 Å². The first-order chi connectivity index (χ1) is 14.4. The molecule has 1 aliphatic heterocycles. The van der Waals surface area contributed by atoms with Crippen molar-refractivity contribution in [2.75, 3.05) is 18.6 Å². The van der Waals surface area contributed by atoms with Crippen molar-refractivity contribution in [3.05, 3.63) is 71.2 Å². The number of benzene rings is 1. The lowest BCUT2D eigenvalue weighted by molar-refractivity contribution is -0.126. The highest BCUT2D eigenvalue weighted by atomic mass is 32.2. The number of amides is 1. The fourth-order valence-electron chi connectivity index (χ4n) is 3.55. The molecule has 156 valence electrons. The van der Waals surface area contributed by atoms with Crippen LogP contribution in [0.1, 0.15) is 17.5 Å². The minimum atomic E-state index is -3.03. The van der Waals surface area contributed by atoms with Gasteiger partial charge in [-0.15, -0.1) is 11.3 Å². The van der Waals surface area contributed by atoms with Crippen molar-refractivity contribution in [1.29, 1.82) is 0 Å². The Morgan fingerprint density at radius 1 is 1.27 bits per heavy atom. The predicted molar refractivity (Wildman–Crippen MR) is 120 cm³/mol.